The Labute approximate surface area is 106 Å². The van der Waals surface area contributed by atoms with Gasteiger partial charge in [0, 0.05) is 12.6 Å². The zero-order valence-corrected chi connectivity index (χ0v) is 10.1. The quantitative estimate of drug-likeness (QED) is 0.672. The van der Waals surface area contributed by atoms with Crippen LogP contribution >= 0.6 is 0 Å². The zero-order chi connectivity index (χ0) is 12.5. The van der Waals surface area contributed by atoms with Crippen molar-refractivity contribution in [3.8, 4) is 0 Å². The molecule has 0 aromatic heterocycles. The minimum Gasteiger partial charge on any atom is -0.329 e. The second-order valence-electron chi connectivity index (χ2n) is 4.65. The van der Waals surface area contributed by atoms with Crippen LogP contribution in [0.5, 0.6) is 0 Å². The Morgan fingerprint density at radius 1 is 0.778 bits per heavy atom. The molecule has 0 unspecified atom stereocenters. The predicted molar refractivity (Wildman–Crippen MR) is 77.4 cm³/mol. The minimum absolute atomic E-state index is 0.0825. The Morgan fingerprint density at radius 3 is 2.06 bits per heavy atom. The predicted octanol–water partition coefficient (Wildman–Crippen LogP) is 2.95. The molecule has 0 radical (unpaired) electrons. The molecule has 0 saturated carbocycles. The van der Waals surface area contributed by atoms with Crippen molar-refractivity contribution >= 4 is 21.5 Å². The number of rotatable bonds is 2. The summed E-state index contributed by atoms with van der Waals surface area (Å²) >= 11 is 0. The van der Waals surface area contributed by atoms with E-state index in [4.69, 9.17) is 11.5 Å². The number of hydrogen-bond donors (Lipinski definition) is 2. The third-order valence-electron chi connectivity index (χ3n) is 3.41. The van der Waals surface area contributed by atoms with Crippen molar-refractivity contribution in [1.29, 1.82) is 0 Å². The molecule has 0 aliphatic carbocycles. The van der Waals surface area contributed by atoms with Gasteiger partial charge >= 0.3 is 0 Å². The van der Waals surface area contributed by atoms with Crippen LogP contribution in [-0.2, 0) is 0 Å². The Hall–Kier alpha value is -1.90. The molecule has 0 aliphatic heterocycles. The van der Waals surface area contributed by atoms with Crippen LogP contribution in [0.2, 0.25) is 0 Å². The smallest absolute Gasteiger partial charge is 0.0419 e. The molecule has 90 valence electrons. The van der Waals surface area contributed by atoms with Gasteiger partial charge in [-0.2, -0.15) is 0 Å². The highest BCUT2D eigenvalue weighted by Gasteiger charge is 2.05. The Kier molecular flexibility index (Phi) is 2.74. The maximum Gasteiger partial charge on any atom is 0.0419 e. The monoisotopic (exact) mass is 236 g/mol. The van der Waals surface area contributed by atoms with Crippen LogP contribution in [0, 0.1) is 0 Å². The molecule has 0 amide bonds. The molecular formula is C16H16N2. The molecular weight excluding hydrogens is 220 g/mol. The van der Waals surface area contributed by atoms with Crippen LogP contribution in [0.1, 0.15) is 11.6 Å². The molecule has 3 aromatic rings. The van der Waals surface area contributed by atoms with Crippen LogP contribution in [-0.4, -0.2) is 6.54 Å². The fourth-order valence-electron chi connectivity index (χ4n) is 2.33. The molecule has 18 heavy (non-hydrogen) atoms. The number of benzene rings is 3. The van der Waals surface area contributed by atoms with Crippen molar-refractivity contribution in [2.45, 2.75) is 6.04 Å². The van der Waals surface area contributed by atoms with E-state index >= 15 is 0 Å². The summed E-state index contributed by atoms with van der Waals surface area (Å²) in [7, 11) is 0. The van der Waals surface area contributed by atoms with E-state index in [1.54, 1.807) is 0 Å². The number of hydrogen-bond acceptors (Lipinski definition) is 2. The summed E-state index contributed by atoms with van der Waals surface area (Å²) in [4.78, 5) is 0. The van der Waals surface area contributed by atoms with Gasteiger partial charge in [-0.15, -0.1) is 0 Å². The van der Waals surface area contributed by atoms with Crippen molar-refractivity contribution < 1.29 is 0 Å². The highest BCUT2D eigenvalue weighted by atomic mass is 14.7. The fourth-order valence-corrected chi connectivity index (χ4v) is 2.33. The van der Waals surface area contributed by atoms with E-state index in [1.165, 1.54) is 21.5 Å². The van der Waals surface area contributed by atoms with Gasteiger partial charge in [0.1, 0.15) is 0 Å². The van der Waals surface area contributed by atoms with Gasteiger partial charge in [0.25, 0.3) is 0 Å². The summed E-state index contributed by atoms with van der Waals surface area (Å²) in [6.07, 6.45) is 0. The molecule has 3 rings (SSSR count). The molecule has 0 spiro atoms. The number of nitrogens with two attached hydrogens (primary N) is 2. The van der Waals surface area contributed by atoms with E-state index < -0.39 is 0 Å². The molecule has 1 atom stereocenters. The first-order valence-corrected chi connectivity index (χ1v) is 6.16. The SMILES string of the molecule is NC[C@@H](N)c1ccc2cc3ccccc3cc2c1. The Balaban J connectivity index is 2.24. The number of fused-ring (bicyclic) bond motifs is 2. The standard InChI is InChI=1S/C16H16N2/c17-10-16(18)14-6-5-13-7-11-3-1-2-4-12(11)8-15(13)9-14/h1-9,16H,10,17-18H2/t16-/m1/s1. The van der Waals surface area contributed by atoms with Crippen LogP contribution in [0.25, 0.3) is 21.5 Å². The van der Waals surface area contributed by atoms with Gasteiger partial charge < -0.3 is 11.5 Å². The normalized spacial score (nSPS) is 13.0. The second kappa shape index (κ2) is 4.41. The first-order chi connectivity index (χ1) is 8.78. The topological polar surface area (TPSA) is 52.0 Å². The van der Waals surface area contributed by atoms with Gasteiger partial charge in [0.05, 0.1) is 0 Å². The van der Waals surface area contributed by atoms with Crippen molar-refractivity contribution in [3.63, 3.8) is 0 Å². The van der Waals surface area contributed by atoms with Gasteiger partial charge in [-0.1, -0.05) is 36.4 Å². The van der Waals surface area contributed by atoms with Crippen molar-refractivity contribution in [3.05, 3.63) is 60.2 Å². The van der Waals surface area contributed by atoms with Crippen LogP contribution in [0.15, 0.2) is 54.6 Å². The first kappa shape index (κ1) is 11.2. The summed E-state index contributed by atoms with van der Waals surface area (Å²) < 4.78 is 0. The van der Waals surface area contributed by atoms with E-state index in [9.17, 15) is 0 Å². The summed E-state index contributed by atoms with van der Waals surface area (Å²) in [6.45, 7) is 0.471. The van der Waals surface area contributed by atoms with E-state index in [0.717, 1.165) is 5.56 Å². The highest BCUT2D eigenvalue weighted by molar-refractivity contribution is 5.98. The summed E-state index contributed by atoms with van der Waals surface area (Å²) in [5.74, 6) is 0. The lowest BCUT2D eigenvalue weighted by molar-refractivity contribution is 0.738. The van der Waals surface area contributed by atoms with Crippen molar-refractivity contribution in [2.24, 2.45) is 11.5 Å². The average molecular weight is 236 g/mol. The Bertz CT molecular complexity index is 704. The van der Waals surface area contributed by atoms with Crippen LogP contribution < -0.4 is 11.5 Å². The summed E-state index contributed by atoms with van der Waals surface area (Å²) in [5.41, 5.74) is 12.7. The van der Waals surface area contributed by atoms with Gasteiger partial charge in [0.2, 0.25) is 0 Å². The lowest BCUT2D eigenvalue weighted by Gasteiger charge is -2.10. The molecule has 0 aliphatic rings. The van der Waals surface area contributed by atoms with Crippen LogP contribution in [0.3, 0.4) is 0 Å². The third-order valence-corrected chi connectivity index (χ3v) is 3.41. The second-order valence-corrected chi connectivity index (χ2v) is 4.65. The van der Waals surface area contributed by atoms with E-state index in [2.05, 4.69) is 54.6 Å². The average Bonchev–Trinajstić information content (AvgIpc) is 2.43. The van der Waals surface area contributed by atoms with Gasteiger partial charge in [-0.05, 0) is 45.3 Å². The van der Waals surface area contributed by atoms with Gasteiger partial charge in [0.15, 0.2) is 0 Å². The fraction of sp³-hybridized carbons (Fsp3) is 0.125. The molecule has 2 heteroatoms. The van der Waals surface area contributed by atoms with Crippen molar-refractivity contribution in [1.82, 2.24) is 0 Å². The van der Waals surface area contributed by atoms with Gasteiger partial charge in [-0.3, -0.25) is 0 Å². The molecule has 0 fully saturated rings. The lowest BCUT2D eigenvalue weighted by Crippen LogP contribution is -2.20. The van der Waals surface area contributed by atoms with E-state index in [1.807, 2.05) is 0 Å². The van der Waals surface area contributed by atoms with E-state index in [0.29, 0.717) is 6.54 Å². The van der Waals surface area contributed by atoms with E-state index in [-0.39, 0.29) is 6.04 Å². The Morgan fingerprint density at radius 2 is 1.39 bits per heavy atom. The maximum atomic E-state index is 5.97. The zero-order valence-electron chi connectivity index (χ0n) is 10.1. The lowest BCUT2D eigenvalue weighted by atomic mass is 9.99. The highest BCUT2D eigenvalue weighted by Crippen LogP contribution is 2.25. The molecule has 4 N–H and O–H groups in total. The van der Waals surface area contributed by atoms with Crippen LogP contribution in [0.4, 0.5) is 0 Å². The molecule has 0 saturated heterocycles. The maximum absolute atomic E-state index is 5.97. The first-order valence-electron chi connectivity index (χ1n) is 6.16. The summed E-state index contributed by atoms with van der Waals surface area (Å²) in [6, 6.07) is 19.0. The van der Waals surface area contributed by atoms with Crippen molar-refractivity contribution in [2.75, 3.05) is 6.54 Å². The third kappa shape index (κ3) is 1.86. The van der Waals surface area contributed by atoms with Gasteiger partial charge in [-0.25, -0.2) is 0 Å². The molecule has 0 heterocycles. The minimum atomic E-state index is -0.0825. The molecule has 0 bridgehead atoms. The molecule has 2 nitrogen and oxygen atoms in total. The summed E-state index contributed by atoms with van der Waals surface area (Å²) in [5, 5.41) is 4.97. The molecule has 3 aromatic carbocycles. The largest absolute Gasteiger partial charge is 0.329 e.